The zero-order chi connectivity index (χ0) is 14.0. The molecule has 2 rings (SSSR count). The first-order valence-electron chi connectivity index (χ1n) is 7.08. The van der Waals surface area contributed by atoms with Gasteiger partial charge in [0.25, 0.3) is 5.91 Å². The molecule has 3 N–H and O–H groups in total. The minimum absolute atomic E-state index is 0.0300. The third-order valence-corrected chi connectivity index (χ3v) is 4.23. The summed E-state index contributed by atoms with van der Waals surface area (Å²) in [6.07, 6.45) is 4.31. The molecule has 0 bridgehead atoms. The Morgan fingerprint density at radius 3 is 2.21 bits per heavy atom. The molecule has 0 spiro atoms. The van der Waals surface area contributed by atoms with Gasteiger partial charge in [0.2, 0.25) is 0 Å². The monoisotopic (exact) mass is 260 g/mol. The molecular weight excluding hydrogens is 236 g/mol. The lowest BCUT2D eigenvalue weighted by Crippen LogP contribution is -2.51. The van der Waals surface area contributed by atoms with Gasteiger partial charge in [0.1, 0.15) is 0 Å². The lowest BCUT2D eigenvalue weighted by Gasteiger charge is -2.29. The van der Waals surface area contributed by atoms with E-state index in [0.29, 0.717) is 6.54 Å². The zero-order valence-electron chi connectivity index (χ0n) is 12.2. The molecule has 19 heavy (non-hydrogen) atoms. The van der Waals surface area contributed by atoms with Crippen molar-refractivity contribution in [3.8, 4) is 0 Å². The third kappa shape index (κ3) is 2.81. The number of amides is 1. The Morgan fingerprint density at radius 1 is 1.21 bits per heavy atom. The Hall–Kier alpha value is -1.35. The van der Waals surface area contributed by atoms with Crippen molar-refractivity contribution in [2.75, 3.05) is 6.54 Å². The van der Waals surface area contributed by atoms with Crippen LogP contribution in [-0.2, 0) is 0 Å². The molecule has 0 saturated heterocycles. The fourth-order valence-electron chi connectivity index (χ4n) is 3.27. The van der Waals surface area contributed by atoms with E-state index in [1.54, 1.807) is 0 Å². The SMILES string of the molecule is Cc1cc(C)c(C(=O)NC2(CN)CCCC2)c(C)c1. The normalized spacial score (nSPS) is 17.5. The molecule has 1 aliphatic rings. The number of carbonyl (C=O) groups is 1. The van der Waals surface area contributed by atoms with Crippen molar-refractivity contribution in [3.05, 3.63) is 34.4 Å². The van der Waals surface area contributed by atoms with Crippen LogP contribution in [0.4, 0.5) is 0 Å². The van der Waals surface area contributed by atoms with Crippen LogP contribution in [0.1, 0.15) is 52.7 Å². The fraction of sp³-hybridized carbons (Fsp3) is 0.562. The van der Waals surface area contributed by atoms with E-state index in [1.807, 2.05) is 13.8 Å². The average molecular weight is 260 g/mol. The lowest BCUT2D eigenvalue weighted by atomic mass is 9.94. The molecule has 0 unspecified atom stereocenters. The van der Waals surface area contributed by atoms with Crippen LogP contribution in [0.5, 0.6) is 0 Å². The van der Waals surface area contributed by atoms with Gasteiger partial charge in [-0.2, -0.15) is 0 Å². The van der Waals surface area contributed by atoms with E-state index < -0.39 is 0 Å². The van der Waals surface area contributed by atoms with Gasteiger partial charge in [-0.1, -0.05) is 30.5 Å². The summed E-state index contributed by atoms with van der Waals surface area (Å²) in [5.74, 6) is 0.0300. The number of hydrogen-bond acceptors (Lipinski definition) is 2. The van der Waals surface area contributed by atoms with Gasteiger partial charge in [0.15, 0.2) is 0 Å². The van der Waals surface area contributed by atoms with Crippen molar-refractivity contribution in [2.24, 2.45) is 5.73 Å². The highest BCUT2D eigenvalue weighted by atomic mass is 16.1. The Morgan fingerprint density at radius 2 is 1.74 bits per heavy atom. The molecule has 1 saturated carbocycles. The summed E-state index contributed by atoms with van der Waals surface area (Å²) in [5, 5.41) is 3.20. The summed E-state index contributed by atoms with van der Waals surface area (Å²) in [6.45, 7) is 6.58. The highest BCUT2D eigenvalue weighted by molar-refractivity contribution is 5.97. The predicted molar refractivity (Wildman–Crippen MR) is 78.4 cm³/mol. The number of aryl methyl sites for hydroxylation is 3. The van der Waals surface area contributed by atoms with Crippen molar-refractivity contribution < 1.29 is 4.79 Å². The molecule has 3 nitrogen and oxygen atoms in total. The largest absolute Gasteiger partial charge is 0.345 e. The van der Waals surface area contributed by atoms with Gasteiger partial charge < -0.3 is 11.1 Å². The van der Waals surface area contributed by atoms with Crippen LogP contribution >= 0.6 is 0 Å². The molecule has 104 valence electrons. The van der Waals surface area contributed by atoms with Gasteiger partial charge >= 0.3 is 0 Å². The Bertz CT molecular complexity index is 465. The van der Waals surface area contributed by atoms with Gasteiger partial charge in [-0.3, -0.25) is 4.79 Å². The number of rotatable bonds is 3. The van der Waals surface area contributed by atoms with Crippen LogP contribution in [0, 0.1) is 20.8 Å². The topological polar surface area (TPSA) is 55.1 Å². The minimum atomic E-state index is -0.180. The number of hydrogen-bond donors (Lipinski definition) is 2. The lowest BCUT2D eigenvalue weighted by molar-refractivity contribution is 0.0902. The van der Waals surface area contributed by atoms with Gasteiger partial charge in [0, 0.05) is 12.1 Å². The second-order valence-electron chi connectivity index (χ2n) is 5.92. The predicted octanol–water partition coefficient (Wildman–Crippen LogP) is 2.61. The summed E-state index contributed by atoms with van der Waals surface area (Å²) in [5.41, 5.74) is 9.79. The van der Waals surface area contributed by atoms with Crippen LogP contribution in [0.25, 0.3) is 0 Å². The standard InChI is InChI=1S/C16H24N2O/c1-11-8-12(2)14(13(3)9-11)15(19)18-16(10-17)6-4-5-7-16/h8-9H,4-7,10,17H2,1-3H3,(H,18,19). The van der Waals surface area contributed by atoms with E-state index in [2.05, 4.69) is 24.4 Å². The van der Waals surface area contributed by atoms with Crippen molar-refractivity contribution in [3.63, 3.8) is 0 Å². The van der Waals surface area contributed by atoms with Crippen molar-refractivity contribution in [1.82, 2.24) is 5.32 Å². The molecule has 1 aliphatic carbocycles. The van der Waals surface area contributed by atoms with Crippen LogP contribution in [0.2, 0.25) is 0 Å². The van der Waals surface area contributed by atoms with Gasteiger partial charge in [0.05, 0.1) is 5.54 Å². The first kappa shape index (κ1) is 14.1. The quantitative estimate of drug-likeness (QED) is 0.877. The minimum Gasteiger partial charge on any atom is -0.345 e. The Kier molecular flexibility index (Phi) is 3.95. The second kappa shape index (κ2) is 5.33. The van der Waals surface area contributed by atoms with Crippen molar-refractivity contribution in [1.29, 1.82) is 0 Å². The maximum atomic E-state index is 12.6. The maximum absolute atomic E-state index is 12.6. The van der Waals surface area contributed by atoms with Gasteiger partial charge in [-0.05, 0) is 44.7 Å². The molecule has 1 aromatic rings. The molecule has 0 aliphatic heterocycles. The molecular formula is C16H24N2O. The van der Waals surface area contributed by atoms with E-state index in [1.165, 1.54) is 5.56 Å². The number of nitrogens with two attached hydrogens (primary N) is 1. The zero-order valence-corrected chi connectivity index (χ0v) is 12.2. The van der Waals surface area contributed by atoms with Crippen LogP contribution in [0.3, 0.4) is 0 Å². The molecule has 1 amide bonds. The van der Waals surface area contributed by atoms with Gasteiger partial charge in [-0.25, -0.2) is 0 Å². The summed E-state index contributed by atoms with van der Waals surface area (Å²) in [4.78, 5) is 12.6. The summed E-state index contributed by atoms with van der Waals surface area (Å²) in [7, 11) is 0. The molecule has 0 aromatic heterocycles. The fourth-order valence-corrected chi connectivity index (χ4v) is 3.27. The van der Waals surface area contributed by atoms with Crippen molar-refractivity contribution >= 4 is 5.91 Å². The first-order valence-corrected chi connectivity index (χ1v) is 7.08. The first-order chi connectivity index (χ1) is 8.97. The Labute approximate surface area is 115 Å². The van der Waals surface area contributed by atoms with E-state index in [0.717, 1.165) is 42.4 Å². The second-order valence-corrected chi connectivity index (χ2v) is 5.92. The van der Waals surface area contributed by atoms with E-state index in [-0.39, 0.29) is 11.4 Å². The third-order valence-electron chi connectivity index (χ3n) is 4.23. The maximum Gasteiger partial charge on any atom is 0.252 e. The summed E-state index contributed by atoms with van der Waals surface area (Å²) in [6, 6.07) is 4.12. The van der Waals surface area contributed by atoms with E-state index in [9.17, 15) is 4.79 Å². The van der Waals surface area contributed by atoms with E-state index in [4.69, 9.17) is 5.73 Å². The summed E-state index contributed by atoms with van der Waals surface area (Å²) >= 11 is 0. The van der Waals surface area contributed by atoms with Crippen molar-refractivity contribution in [2.45, 2.75) is 52.0 Å². The number of benzene rings is 1. The number of carbonyl (C=O) groups excluding carboxylic acids is 1. The smallest absolute Gasteiger partial charge is 0.252 e. The average Bonchev–Trinajstić information content (AvgIpc) is 2.76. The van der Waals surface area contributed by atoms with Crippen LogP contribution < -0.4 is 11.1 Å². The molecule has 3 heteroatoms. The molecule has 0 radical (unpaired) electrons. The Balaban J connectivity index is 2.25. The molecule has 0 heterocycles. The highest BCUT2D eigenvalue weighted by Crippen LogP contribution is 2.29. The van der Waals surface area contributed by atoms with E-state index >= 15 is 0 Å². The summed E-state index contributed by atoms with van der Waals surface area (Å²) < 4.78 is 0. The van der Waals surface area contributed by atoms with Crippen LogP contribution in [-0.4, -0.2) is 18.0 Å². The van der Waals surface area contributed by atoms with Crippen LogP contribution in [0.15, 0.2) is 12.1 Å². The highest BCUT2D eigenvalue weighted by Gasteiger charge is 2.34. The number of nitrogens with one attached hydrogen (secondary N) is 1. The van der Waals surface area contributed by atoms with Gasteiger partial charge in [-0.15, -0.1) is 0 Å². The molecule has 0 atom stereocenters. The molecule has 1 fully saturated rings. The molecule has 1 aromatic carbocycles.